The zero-order valence-corrected chi connectivity index (χ0v) is 12.2. The lowest BCUT2D eigenvalue weighted by Crippen LogP contribution is -2.39. The lowest BCUT2D eigenvalue weighted by atomic mass is 10.3. The molecule has 1 aliphatic rings. The fourth-order valence-electron chi connectivity index (χ4n) is 1.93. The number of sulfonamides is 1. The van der Waals surface area contributed by atoms with Crippen molar-refractivity contribution in [3.8, 4) is 5.75 Å². The predicted molar refractivity (Wildman–Crippen MR) is 77.1 cm³/mol. The van der Waals surface area contributed by atoms with Crippen molar-refractivity contribution in [1.82, 2.24) is 9.62 Å². The molecule has 0 unspecified atom stereocenters. The molecule has 106 valence electrons. The Kier molecular flexibility index (Phi) is 5.09. The Bertz CT molecular complexity index is 513. The van der Waals surface area contributed by atoms with Gasteiger partial charge in [-0.1, -0.05) is 12.1 Å². The highest BCUT2D eigenvalue weighted by Gasteiger charge is 2.18. The molecule has 1 aromatic carbocycles. The third-order valence-corrected chi connectivity index (χ3v) is 5.43. The fraction of sp³-hybridized carbons (Fsp3) is 0.500. The van der Waals surface area contributed by atoms with Crippen LogP contribution in [0.2, 0.25) is 0 Å². The van der Waals surface area contributed by atoms with Crippen molar-refractivity contribution in [3.05, 3.63) is 24.3 Å². The molecular formula is C12H18N2O3S2. The van der Waals surface area contributed by atoms with E-state index in [2.05, 4.69) is 9.62 Å². The van der Waals surface area contributed by atoms with Crippen molar-refractivity contribution in [1.29, 1.82) is 0 Å². The van der Waals surface area contributed by atoms with Gasteiger partial charge in [0.05, 0.1) is 0 Å². The van der Waals surface area contributed by atoms with E-state index in [1.807, 2.05) is 11.8 Å². The molecule has 1 aromatic rings. The van der Waals surface area contributed by atoms with Crippen LogP contribution in [0.1, 0.15) is 0 Å². The smallest absolute Gasteiger partial charge is 0.244 e. The van der Waals surface area contributed by atoms with Crippen LogP contribution in [0.3, 0.4) is 0 Å². The summed E-state index contributed by atoms with van der Waals surface area (Å²) in [4.78, 5) is 2.17. The number of benzene rings is 1. The van der Waals surface area contributed by atoms with Crippen LogP contribution in [-0.4, -0.2) is 56.1 Å². The van der Waals surface area contributed by atoms with Crippen LogP contribution < -0.4 is 4.72 Å². The minimum atomic E-state index is -3.62. The van der Waals surface area contributed by atoms with Crippen LogP contribution in [0.15, 0.2) is 29.2 Å². The Balaban J connectivity index is 1.89. The van der Waals surface area contributed by atoms with Crippen molar-refractivity contribution >= 4 is 21.8 Å². The molecule has 2 rings (SSSR count). The van der Waals surface area contributed by atoms with Crippen molar-refractivity contribution < 1.29 is 13.5 Å². The van der Waals surface area contributed by atoms with Gasteiger partial charge in [-0.3, -0.25) is 0 Å². The molecule has 19 heavy (non-hydrogen) atoms. The van der Waals surface area contributed by atoms with E-state index < -0.39 is 10.0 Å². The van der Waals surface area contributed by atoms with Gasteiger partial charge in [-0.15, -0.1) is 0 Å². The maximum absolute atomic E-state index is 12.0. The van der Waals surface area contributed by atoms with E-state index in [-0.39, 0.29) is 10.6 Å². The van der Waals surface area contributed by atoms with E-state index in [0.717, 1.165) is 24.6 Å². The molecule has 1 fully saturated rings. The number of aromatic hydroxyl groups is 1. The zero-order valence-electron chi connectivity index (χ0n) is 10.6. The number of rotatable bonds is 5. The number of hydrogen-bond donors (Lipinski definition) is 2. The average molecular weight is 302 g/mol. The van der Waals surface area contributed by atoms with Gasteiger partial charge in [-0.2, -0.15) is 11.8 Å². The van der Waals surface area contributed by atoms with Gasteiger partial charge in [0.15, 0.2) is 0 Å². The first-order chi connectivity index (χ1) is 9.09. The molecule has 0 amide bonds. The van der Waals surface area contributed by atoms with Crippen LogP contribution in [0, 0.1) is 0 Å². The summed E-state index contributed by atoms with van der Waals surface area (Å²) in [6.45, 7) is 3.07. The Morgan fingerprint density at radius 1 is 1.26 bits per heavy atom. The molecule has 1 saturated heterocycles. The molecule has 1 aliphatic heterocycles. The van der Waals surface area contributed by atoms with Gasteiger partial charge in [0, 0.05) is 37.7 Å². The maximum atomic E-state index is 12.0. The average Bonchev–Trinajstić information content (AvgIpc) is 2.40. The van der Waals surface area contributed by atoms with Gasteiger partial charge in [-0.25, -0.2) is 13.1 Å². The SMILES string of the molecule is O=S(=O)(NCCN1CCSCC1)c1ccccc1O. The number of hydrogen-bond acceptors (Lipinski definition) is 5. The second kappa shape index (κ2) is 6.60. The topological polar surface area (TPSA) is 69.6 Å². The van der Waals surface area contributed by atoms with Crippen molar-refractivity contribution in [2.75, 3.05) is 37.7 Å². The summed E-state index contributed by atoms with van der Waals surface area (Å²) in [5.41, 5.74) is 0. The van der Waals surface area contributed by atoms with E-state index in [1.54, 1.807) is 12.1 Å². The molecule has 0 aromatic heterocycles. The lowest BCUT2D eigenvalue weighted by Gasteiger charge is -2.25. The van der Waals surface area contributed by atoms with Crippen molar-refractivity contribution in [3.63, 3.8) is 0 Å². The zero-order chi connectivity index (χ0) is 13.7. The first-order valence-electron chi connectivity index (χ1n) is 6.17. The highest BCUT2D eigenvalue weighted by Crippen LogP contribution is 2.20. The highest BCUT2D eigenvalue weighted by molar-refractivity contribution is 7.99. The quantitative estimate of drug-likeness (QED) is 0.839. The van der Waals surface area contributed by atoms with Crippen LogP contribution in [-0.2, 0) is 10.0 Å². The predicted octanol–water partition coefficient (Wildman–Crippen LogP) is 0.719. The summed E-state index contributed by atoms with van der Waals surface area (Å²) in [5, 5.41) is 9.56. The number of thioether (sulfide) groups is 1. The molecule has 0 saturated carbocycles. The number of nitrogens with one attached hydrogen (secondary N) is 1. The lowest BCUT2D eigenvalue weighted by molar-refractivity contribution is 0.307. The Morgan fingerprint density at radius 2 is 1.95 bits per heavy atom. The second-order valence-corrected chi connectivity index (χ2v) is 7.28. The van der Waals surface area contributed by atoms with Gasteiger partial charge in [0.2, 0.25) is 10.0 Å². The molecule has 0 atom stereocenters. The third-order valence-electron chi connectivity index (χ3n) is 2.98. The molecule has 7 heteroatoms. The fourth-order valence-corrected chi connectivity index (χ4v) is 4.02. The summed E-state index contributed by atoms with van der Waals surface area (Å²) in [7, 11) is -3.62. The molecular weight excluding hydrogens is 284 g/mol. The Hall–Kier alpha value is -0.760. The summed E-state index contributed by atoms with van der Waals surface area (Å²) in [5.74, 6) is 1.99. The van der Waals surface area contributed by atoms with Gasteiger partial charge < -0.3 is 10.0 Å². The van der Waals surface area contributed by atoms with E-state index in [9.17, 15) is 13.5 Å². The standard InChI is InChI=1S/C12H18N2O3S2/c15-11-3-1-2-4-12(11)19(16,17)13-5-6-14-7-9-18-10-8-14/h1-4,13,15H,5-10H2. The minimum Gasteiger partial charge on any atom is -0.507 e. The van der Waals surface area contributed by atoms with Crippen LogP contribution in [0.5, 0.6) is 5.75 Å². The maximum Gasteiger partial charge on any atom is 0.244 e. The van der Waals surface area contributed by atoms with E-state index in [0.29, 0.717) is 13.1 Å². The molecule has 0 aliphatic carbocycles. The highest BCUT2D eigenvalue weighted by atomic mass is 32.2. The van der Waals surface area contributed by atoms with E-state index >= 15 is 0 Å². The van der Waals surface area contributed by atoms with Crippen LogP contribution in [0.4, 0.5) is 0 Å². The van der Waals surface area contributed by atoms with Crippen molar-refractivity contribution in [2.45, 2.75) is 4.90 Å². The van der Waals surface area contributed by atoms with E-state index in [4.69, 9.17) is 0 Å². The monoisotopic (exact) mass is 302 g/mol. The number of phenolic OH excluding ortho intramolecular Hbond substituents is 1. The molecule has 1 heterocycles. The van der Waals surface area contributed by atoms with Gasteiger partial charge >= 0.3 is 0 Å². The van der Waals surface area contributed by atoms with Gasteiger partial charge in [0.1, 0.15) is 10.6 Å². The summed E-state index contributed by atoms with van der Waals surface area (Å²) >= 11 is 1.92. The summed E-state index contributed by atoms with van der Waals surface area (Å²) in [6, 6.07) is 5.96. The largest absolute Gasteiger partial charge is 0.507 e. The molecule has 0 bridgehead atoms. The van der Waals surface area contributed by atoms with Crippen molar-refractivity contribution in [2.24, 2.45) is 0 Å². The number of phenols is 1. The first kappa shape index (κ1) is 14.6. The van der Waals surface area contributed by atoms with Gasteiger partial charge in [0.25, 0.3) is 0 Å². The normalized spacial score (nSPS) is 17.5. The first-order valence-corrected chi connectivity index (χ1v) is 8.81. The second-order valence-electron chi connectivity index (χ2n) is 4.32. The van der Waals surface area contributed by atoms with Gasteiger partial charge in [-0.05, 0) is 12.1 Å². The molecule has 0 radical (unpaired) electrons. The van der Waals surface area contributed by atoms with Crippen LogP contribution in [0.25, 0.3) is 0 Å². The summed E-state index contributed by atoms with van der Waals surface area (Å²) < 4.78 is 26.5. The molecule has 2 N–H and O–H groups in total. The third kappa shape index (κ3) is 4.10. The van der Waals surface area contributed by atoms with E-state index in [1.165, 1.54) is 12.1 Å². The number of nitrogens with zero attached hydrogens (tertiary/aromatic N) is 1. The Morgan fingerprint density at radius 3 is 2.63 bits per heavy atom. The summed E-state index contributed by atoms with van der Waals surface area (Å²) in [6.07, 6.45) is 0. The molecule has 5 nitrogen and oxygen atoms in total. The van der Waals surface area contributed by atoms with Crippen LogP contribution >= 0.6 is 11.8 Å². The Labute approximate surface area is 118 Å². The molecule has 0 spiro atoms. The minimum absolute atomic E-state index is 0.0656. The number of para-hydroxylation sites is 1.